The van der Waals surface area contributed by atoms with Crippen LogP contribution in [0.1, 0.15) is 93.5 Å². The Morgan fingerprint density at radius 2 is 1.42 bits per heavy atom. The summed E-state index contributed by atoms with van der Waals surface area (Å²) in [5, 5.41) is 10.6. The van der Waals surface area contributed by atoms with Gasteiger partial charge in [0.05, 0.1) is 10.6 Å². The molecule has 26 heavy (non-hydrogen) atoms. The maximum absolute atomic E-state index is 12.3. The second-order valence-electron chi connectivity index (χ2n) is 7.08. The summed E-state index contributed by atoms with van der Waals surface area (Å²) in [5.74, 6) is -1.30. The van der Waals surface area contributed by atoms with Crippen LogP contribution in [0.4, 0.5) is 0 Å². The summed E-state index contributed by atoms with van der Waals surface area (Å²) in [6.45, 7) is 2.23. The minimum absolute atomic E-state index is 0.0805. The molecule has 1 aromatic carbocycles. The number of carbonyl (C=O) groups is 2. The Labute approximate surface area is 161 Å². The minimum Gasteiger partial charge on any atom is -0.507 e. The van der Waals surface area contributed by atoms with Gasteiger partial charge >= 0.3 is 0 Å². The molecule has 0 spiro atoms. The van der Waals surface area contributed by atoms with Crippen molar-refractivity contribution in [2.75, 3.05) is 0 Å². The first-order valence-electron chi connectivity index (χ1n) is 9.88. The van der Waals surface area contributed by atoms with Crippen molar-refractivity contribution < 1.29 is 14.7 Å². The second kappa shape index (κ2) is 10.5. The maximum atomic E-state index is 12.3. The van der Waals surface area contributed by atoms with Crippen LogP contribution in [-0.2, 0) is 4.79 Å². The molecule has 0 fully saturated rings. The van der Waals surface area contributed by atoms with E-state index in [2.05, 4.69) is 6.92 Å². The Morgan fingerprint density at radius 3 is 2.04 bits per heavy atom. The molecule has 0 saturated heterocycles. The third-order valence-corrected chi connectivity index (χ3v) is 5.36. The second-order valence-corrected chi connectivity index (χ2v) is 7.49. The molecule has 0 unspecified atom stereocenters. The zero-order chi connectivity index (χ0) is 18.9. The first-order chi connectivity index (χ1) is 12.6. The van der Waals surface area contributed by atoms with E-state index in [1.54, 1.807) is 18.2 Å². The lowest BCUT2D eigenvalue weighted by Crippen LogP contribution is -2.24. The highest BCUT2D eigenvalue weighted by atomic mass is 35.5. The van der Waals surface area contributed by atoms with Crippen molar-refractivity contribution >= 4 is 28.9 Å². The van der Waals surface area contributed by atoms with E-state index >= 15 is 0 Å². The highest BCUT2D eigenvalue weighted by molar-refractivity contribution is 6.54. The summed E-state index contributed by atoms with van der Waals surface area (Å²) in [5.41, 5.74) is 0.747. The fourth-order valence-corrected chi connectivity index (χ4v) is 3.75. The van der Waals surface area contributed by atoms with Gasteiger partial charge in [-0.3, -0.25) is 9.59 Å². The third kappa shape index (κ3) is 5.20. The summed E-state index contributed by atoms with van der Waals surface area (Å²) in [4.78, 5) is 24.6. The zero-order valence-corrected chi connectivity index (χ0v) is 16.4. The fraction of sp³-hybridized carbons (Fsp3) is 0.545. The normalized spacial score (nSPS) is 14.1. The smallest absolute Gasteiger partial charge is 0.235 e. The van der Waals surface area contributed by atoms with Gasteiger partial charge in [-0.1, -0.05) is 88.4 Å². The number of benzene rings is 1. The molecule has 1 aliphatic rings. The number of carbonyl (C=O) groups excluding carboxylic acids is 2. The molecule has 4 heteroatoms. The lowest BCUT2D eigenvalue weighted by Gasteiger charge is -2.18. The van der Waals surface area contributed by atoms with E-state index in [1.165, 1.54) is 44.9 Å². The topological polar surface area (TPSA) is 54.4 Å². The van der Waals surface area contributed by atoms with Crippen LogP contribution >= 0.6 is 11.6 Å². The van der Waals surface area contributed by atoms with E-state index in [1.807, 2.05) is 0 Å². The quantitative estimate of drug-likeness (QED) is 0.346. The molecular weight excluding hydrogens is 348 g/mol. The number of aliphatic hydroxyl groups is 1. The van der Waals surface area contributed by atoms with Crippen molar-refractivity contribution in [2.24, 2.45) is 0 Å². The molecule has 0 aromatic heterocycles. The van der Waals surface area contributed by atoms with Crippen LogP contribution < -0.4 is 0 Å². The minimum atomic E-state index is -0.612. The largest absolute Gasteiger partial charge is 0.507 e. The maximum Gasteiger partial charge on any atom is 0.235 e. The molecule has 0 amide bonds. The number of Topliss-reactive ketones (excluding diaryl/α,β-unsaturated/α-hetero) is 2. The zero-order valence-electron chi connectivity index (χ0n) is 15.7. The number of hydrogen-bond acceptors (Lipinski definition) is 3. The van der Waals surface area contributed by atoms with Gasteiger partial charge in [-0.25, -0.2) is 0 Å². The van der Waals surface area contributed by atoms with Crippen LogP contribution in [0, 0.1) is 0 Å². The van der Waals surface area contributed by atoms with Gasteiger partial charge in [-0.15, -0.1) is 0 Å². The van der Waals surface area contributed by atoms with Crippen LogP contribution in [0.15, 0.2) is 23.8 Å². The van der Waals surface area contributed by atoms with Crippen LogP contribution in [-0.4, -0.2) is 16.7 Å². The lowest BCUT2D eigenvalue weighted by atomic mass is 9.86. The number of fused-ring (bicyclic) bond motifs is 1. The first kappa shape index (κ1) is 20.7. The Balaban J connectivity index is 1.80. The molecule has 0 radical (unpaired) electrons. The molecular formula is C22H29ClO3. The number of halogens is 1. The molecule has 2 rings (SSSR count). The summed E-state index contributed by atoms with van der Waals surface area (Å²) in [7, 11) is 0. The molecule has 0 heterocycles. The van der Waals surface area contributed by atoms with E-state index in [0.717, 1.165) is 19.3 Å². The van der Waals surface area contributed by atoms with E-state index < -0.39 is 11.6 Å². The van der Waals surface area contributed by atoms with E-state index in [-0.39, 0.29) is 21.9 Å². The monoisotopic (exact) mass is 376 g/mol. The molecule has 142 valence electrons. The van der Waals surface area contributed by atoms with E-state index in [4.69, 9.17) is 11.6 Å². The van der Waals surface area contributed by atoms with Crippen molar-refractivity contribution in [1.29, 1.82) is 0 Å². The summed E-state index contributed by atoms with van der Waals surface area (Å²) in [6.07, 6.45) is 12.4. The predicted molar refractivity (Wildman–Crippen MR) is 107 cm³/mol. The van der Waals surface area contributed by atoms with Gasteiger partial charge in [-0.05, 0) is 18.9 Å². The Hall–Kier alpha value is -1.61. The Morgan fingerprint density at radius 1 is 0.846 bits per heavy atom. The van der Waals surface area contributed by atoms with Crippen molar-refractivity contribution in [2.45, 2.75) is 77.6 Å². The molecule has 0 aliphatic heterocycles. The number of allylic oxidation sites excluding steroid dienone is 1. The lowest BCUT2D eigenvalue weighted by molar-refractivity contribution is -0.112. The van der Waals surface area contributed by atoms with Crippen LogP contribution in [0.3, 0.4) is 0 Å². The van der Waals surface area contributed by atoms with Gasteiger partial charge in [0.2, 0.25) is 11.6 Å². The fourth-order valence-electron chi connectivity index (χ4n) is 3.49. The van der Waals surface area contributed by atoms with Crippen molar-refractivity contribution in [3.05, 3.63) is 39.9 Å². The van der Waals surface area contributed by atoms with Gasteiger partial charge in [-0.2, -0.15) is 0 Å². The number of ketones is 2. The highest BCUT2D eigenvalue weighted by Gasteiger charge is 2.33. The van der Waals surface area contributed by atoms with Crippen molar-refractivity contribution in [3.63, 3.8) is 0 Å². The standard InChI is InChI=1S/C22H29ClO3/c1-2-3-4-5-6-7-8-9-10-11-13-17-20(24)16-14-12-15-18(23)19(16)22(26)21(17)25/h12,14-15,24H,2-11,13H2,1H3. The summed E-state index contributed by atoms with van der Waals surface area (Å²) < 4.78 is 0. The SMILES string of the molecule is CCCCCCCCCCCCC1=C(O)c2cccc(Cl)c2C(=O)C1=O. The number of hydrogen-bond donors (Lipinski definition) is 1. The molecule has 1 aromatic rings. The van der Waals surface area contributed by atoms with E-state index in [9.17, 15) is 14.7 Å². The molecule has 3 nitrogen and oxygen atoms in total. The average molecular weight is 377 g/mol. The van der Waals surface area contributed by atoms with Crippen molar-refractivity contribution in [1.82, 2.24) is 0 Å². The summed E-state index contributed by atoms with van der Waals surface area (Å²) >= 11 is 6.02. The van der Waals surface area contributed by atoms with Crippen LogP contribution in [0.2, 0.25) is 5.02 Å². The molecule has 0 atom stereocenters. The van der Waals surface area contributed by atoms with Gasteiger partial charge < -0.3 is 5.11 Å². The average Bonchev–Trinajstić information content (AvgIpc) is 2.63. The summed E-state index contributed by atoms with van der Waals surface area (Å²) in [6, 6.07) is 4.88. The molecule has 0 bridgehead atoms. The van der Waals surface area contributed by atoms with Gasteiger partial charge in [0, 0.05) is 11.1 Å². The number of aliphatic hydroxyl groups excluding tert-OH is 1. The van der Waals surface area contributed by atoms with Crippen LogP contribution in [0.5, 0.6) is 0 Å². The molecule has 1 aliphatic carbocycles. The van der Waals surface area contributed by atoms with Gasteiger partial charge in [0.25, 0.3) is 0 Å². The van der Waals surface area contributed by atoms with Gasteiger partial charge in [0.1, 0.15) is 5.76 Å². The Kier molecular flexibility index (Phi) is 8.37. The molecule has 1 N–H and O–H groups in total. The predicted octanol–water partition coefficient (Wildman–Crippen LogP) is 6.69. The van der Waals surface area contributed by atoms with Crippen LogP contribution in [0.25, 0.3) is 5.76 Å². The van der Waals surface area contributed by atoms with Crippen molar-refractivity contribution in [3.8, 4) is 0 Å². The number of rotatable bonds is 11. The molecule has 0 saturated carbocycles. The van der Waals surface area contributed by atoms with E-state index in [0.29, 0.717) is 12.0 Å². The third-order valence-electron chi connectivity index (χ3n) is 5.04. The first-order valence-corrected chi connectivity index (χ1v) is 10.3. The van der Waals surface area contributed by atoms with Gasteiger partial charge in [0.15, 0.2) is 0 Å². The number of unbranched alkanes of at least 4 members (excludes halogenated alkanes) is 9. The highest BCUT2D eigenvalue weighted by Crippen LogP contribution is 2.34. The Bertz CT molecular complexity index is 676.